The fourth-order valence-electron chi connectivity index (χ4n) is 1.94. The summed E-state index contributed by atoms with van der Waals surface area (Å²) in [6.07, 6.45) is 3.54. The molecule has 1 aliphatic carbocycles. The number of nitrogens with one attached hydrogen (secondary N) is 1. The molecular formula is C9H11NO2. The van der Waals surface area contributed by atoms with Gasteiger partial charge in [0.05, 0.1) is 11.8 Å². The van der Waals surface area contributed by atoms with Crippen LogP contribution in [0.1, 0.15) is 19.8 Å². The molecule has 64 valence electrons. The Morgan fingerprint density at radius 2 is 2.00 bits per heavy atom. The number of rotatable bonds is 0. The highest BCUT2D eigenvalue weighted by Crippen LogP contribution is 2.33. The Morgan fingerprint density at radius 1 is 1.33 bits per heavy atom. The summed E-state index contributed by atoms with van der Waals surface area (Å²) >= 11 is 0. The van der Waals surface area contributed by atoms with Gasteiger partial charge in [-0.15, -0.1) is 0 Å². The van der Waals surface area contributed by atoms with Gasteiger partial charge in [-0.25, -0.2) is 0 Å². The maximum absolute atomic E-state index is 11.2. The minimum Gasteiger partial charge on any atom is -0.296 e. The molecule has 1 N–H and O–H groups in total. The van der Waals surface area contributed by atoms with Gasteiger partial charge in [0.2, 0.25) is 11.8 Å². The Kier molecular flexibility index (Phi) is 1.53. The van der Waals surface area contributed by atoms with Gasteiger partial charge in [-0.1, -0.05) is 11.6 Å². The summed E-state index contributed by atoms with van der Waals surface area (Å²) < 4.78 is 0. The molecule has 0 bridgehead atoms. The van der Waals surface area contributed by atoms with Gasteiger partial charge in [0.25, 0.3) is 0 Å². The lowest BCUT2D eigenvalue weighted by Gasteiger charge is -2.19. The first-order valence-electron chi connectivity index (χ1n) is 4.19. The highest BCUT2D eigenvalue weighted by atomic mass is 16.2. The van der Waals surface area contributed by atoms with Crippen LogP contribution in [-0.2, 0) is 9.59 Å². The van der Waals surface area contributed by atoms with Crippen molar-refractivity contribution in [1.29, 1.82) is 0 Å². The molecule has 1 saturated heterocycles. The minimum absolute atomic E-state index is 0.0810. The molecule has 1 heterocycles. The normalized spacial score (nSPS) is 34.2. The van der Waals surface area contributed by atoms with E-state index >= 15 is 0 Å². The van der Waals surface area contributed by atoms with Gasteiger partial charge in [0, 0.05) is 0 Å². The zero-order chi connectivity index (χ0) is 8.72. The molecule has 3 nitrogen and oxygen atoms in total. The number of allylic oxidation sites excluding steroid dienone is 2. The zero-order valence-electron chi connectivity index (χ0n) is 6.96. The molecule has 0 spiro atoms. The third-order valence-electron chi connectivity index (χ3n) is 2.67. The quantitative estimate of drug-likeness (QED) is 0.422. The van der Waals surface area contributed by atoms with Gasteiger partial charge in [0.15, 0.2) is 0 Å². The topological polar surface area (TPSA) is 46.2 Å². The van der Waals surface area contributed by atoms with E-state index in [4.69, 9.17) is 0 Å². The number of hydrogen-bond acceptors (Lipinski definition) is 2. The van der Waals surface area contributed by atoms with Gasteiger partial charge in [-0.2, -0.15) is 0 Å². The molecule has 12 heavy (non-hydrogen) atoms. The number of amides is 2. The van der Waals surface area contributed by atoms with Crippen LogP contribution >= 0.6 is 0 Å². The van der Waals surface area contributed by atoms with Gasteiger partial charge in [-0.3, -0.25) is 14.9 Å². The Labute approximate surface area is 70.8 Å². The van der Waals surface area contributed by atoms with E-state index in [1.54, 1.807) is 0 Å². The van der Waals surface area contributed by atoms with Crippen molar-refractivity contribution >= 4 is 11.8 Å². The lowest BCUT2D eigenvalue weighted by molar-refractivity contribution is -0.126. The first-order valence-corrected chi connectivity index (χ1v) is 4.19. The van der Waals surface area contributed by atoms with Crippen molar-refractivity contribution in [2.24, 2.45) is 11.8 Å². The molecule has 0 saturated carbocycles. The van der Waals surface area contributed by atoms with Gasteiger partial charge in [0.1, 0.15) is 0 Å². The summed E-state index contributed by atoms with van der Waals surface area (Å²) in [5.41, 5.74) is 1.22. The minimum atomic E-state index is -0.0891. The van der Waals surface area contributed by atoms with Crippen molar-refractivity contribution < 1.29 is 9.59 Å². The average Bonchev–Trinajstić information content (AvgIpc) is 2.28. The first-order chi connectivity index (χ1) is 5.68. The standard InChI is InChI=1S/C9H11NO2/c1-5-2-3-6-7(4-5)9(12)10-8(6)11/h2,6-7H,3-4H2,1H3,(H,10,11,12)/t6-,7-/m1/s1. The summed E-state index contributed by atoms with van der Waals surface area (Å²) in [6.45, 7) is 2.01. The molecule has 1 fully saturated rings. The van der Waals surface area contributed by atoms with E-state index in [0.717, 1.165) is 12.8 Å². The Bertz CT molecular complexity index is 280. The summed E-state index contributed by atoms with van der Waals surface area (Å²) in [5.74, 6) is -0.338. The van der Waals surface area contributed by atoms with E-state index < -0.39 is 0 Å². The fraction of sp³-hybridized carbons (Fsp3) is 0.556. The first kappa shape index (κ1) is 7.53. The molecule has 0 aromatic carbocycles. The predicted molar refractivity (Wildman–Crippen MR) is 43.1 cm³/mol. The Morgan fingerprint density at radius 3 is 2.75 bits per heavy atom. The van der Waals surface area contributed by atoms with E-state index in [-0.39, 0.29) is 23.7 Å². The number of fused-ring (bicyclic) bond motifs is 1. The molecule has 0 aromatic heterocycles. The summed E-state index contributed by atoms with van der Waals surface area (Å²) in [6, 6.07) is 0. The largest absolute Gasteiger partial charge is 0.296 e. The second kappa shape index (κ2) is 2.44. The van der Waals surface area contributed by atoms with Crippen LogP contribution in [0.25, 0.3) is 0 Å². The molecule has 1 aliphatic heterocycles. The van der Waals surface area contributed by atoms with Crippen molar-refractivity contribution in [3.8, 4) is 0 Å². The van der Waals surface area contributed by atoms with Crippen LogP contribution in [0.5, 0.6) is 0 Å². The third-order valence-corrected chi connectivity index (χ3v) is 2.67. The molecule has 0 unspecified atom stereocenters. The van der Waals surface area contributed by atoms with Crippen molar-refractivity contribution in [3.63, 3.8) is 0 Å². The predicted octanol–water partition coefficient (Wildman–Crippen LogP) is 0.615. The summed E-state index contributed by atoms with van der Waals surface area (Å²) in [7, 11) is 0. The summed E-state index contributed by atoms with van der Waals surface area (Å²) in [4.78, 5) is 22.4. The SMILES string of the molecule is CC1=CC[C@H]2C(=O)NC(=O)[C@@H]2C1. The van der Waals surface area contributed by atoms with Crippen LogP contribution in [-0.4, -0.2) is 11.8 Å². The van der Waals surface area contributed by atoms with E-state index in [2.05, 4.69) is 11.4 Å². The van der Waals surface area contributed by atoms with E-state index in [9.17, 15) is 9.59 Å². The van der Waals surface area contributed by atoms with Crippen LogP contribution in [0.2, 0.25) is 0 Å². The molecule has 2 rings (SSSR count). The molecule has 0 aromatic rings. The smallest absolute Gasteiger partial charge is 0.230 e. The number of carbonyl (C=O) groups excluding carboxylic acids is 2. The fourth-order valence-corrected chi connectivity index (χ4v) is 1.94. The van der Waals surface area contributed by atoms with Crippen LogP contribution in [0, 0.1) is 11.8 Å². The van der Waals surface area contributed by atoms with Crippen molar-refractivity contribution in [1.82, 2.24) is 5.32 Å². The number of carbonyl (C=O) groups is 2. The van der Waals surface area contributed by atoms with E-state index in [1.165, 1.54) is 5.57 Å². The highest BCUT2D eigenvalue weighted by Gasteiger charge is 2.42. The molecular weight excluding hydrogens is 154 g/mol. The lowest BCUT2D eigenvalue weighted by Crippen LogP contribution is -2.22. The van der Waals surface area contributed by atoms with Crippen LogP contribution in [0.3, 0.4) is 0 Å². The second-order valence-electron chi connectivity index (χ2n) is 3.56. The number of imide groups is 1. The van der Waals surface area contributed by atoms with Gasteiger partial charge < -0.3 is 0 Å². The van der Waals surface area contributed by atoms with E-state index in [1.807, 2.05) is 6.92 Å². The van der Waals surface area contributed by atoms with Crippen LogP contribution in [0.15, 0.2) is 11.6 Å². The molecule has 2 atom stereocenters. The molecule has 0 radical (unpaired) electrons. The van der Waals surface area contributed by atoms with Gasteiger partial charge >= 0.3 is 0 Å². The van der Waals surface area contributed by atoms with Crippen LogP contribution in [0.4, 0.5) is 0 Å². The zero-order valence-corrected chi connectivity index (χ0v) is 6.96. The van der Waals surface area contributed by atoms with Crippen molar-refractivity contribution in [2.75, 3.05) is 0 Å². The average molecular weight is 165 g/mol. The van der Waals surface area contributed by atoms with E-state index in [0.29, 0.717) is 0 Å². The molecule has 3 heteroatoms. The highest BCUT2D eigenvalue weighted by molar-refractivity contribution is 6.05. The van der Waals surface area contributed by atoms with Gasteiger partial charge in [-0.05, 0) is 19.8 Å². The monoisotopic (exact) mass is 165 g/mol. The Hall–Kier alpha value is -1.12. The molecule has 2 aliphatic rings. The lowest BCUT2D eigenvalue weighted by atomic mass is 9.82. The maximum atomic E-state index is 11.2. The van der Waals surface area contributed by atoms with Crippen molar-refractivity contribution in [2.45, 2.75) is 19.8 Å². The summed E-state index contributed by atoms with van der Waals surface area (Å²) in [5, 5.41) is 2.37. The second-order valence-corrected chi connectivity index (χ2v) is 3.56. The van der Waals surface area contributed by atoms with Crippen LogP contribution < -0.4 is 5.32 Å². The van der Waals surface area contributed by atoms with Crippen molar-refractivity contribution in [3.05, 3.63) is 11.6 Å². The third kappa shape index (κ3) is 0.967. The Balaban J connectivity index is 2.27. The molecule has 2 amide bonds. The maximum Gasteiger partial charge on any atom is 0.230 e. The number of hydrogen-bond donors (Lipinski definition) is 1.